The number of hydrogen-bond donors (Lipinski definition) is 2. The maximum absolute atomic E-state index is 13.1. The fraction of sp³-hybridized carbons (Fsp3) is 0.533. The monoisotopic (exact) mass is 296 g/mol. The molecule has 1 fully saturated rings. The first kappa shape index (κ1) is 15.2. The Hall–Kier alpha value is -1.20. The van der Waals surface area contributed by atoms with Gasteiger partial charge in [-0.05, 0) is 49.7 Å². The molecular formula is C15H21FN2OS. The van der Waals surface area contributed by atoms with Crippen molar-refractivity contribution in [3.8, 4) is 0 Å². The van der Waals surface area contributed by atoms with Crippen LogP contribution in [0.15, 0.2) is 24.3 Å². The fourth-order valence-electron chi connectivity index (χ4n) is 2.76. The van der Waals surface area contributed by atoms with Gasteiger partial charge in [-0.15, -0.1) is 0 Å². The highest BCUT2D eigenvalue weighted by Crippen LogP contribution is 2.32. The molecule has 0 atom stereocenters. The zero-order valence-electron chi connectivity index (χ0n) is 11.7. The Bertz CT molecular complexity index is 461. The van der Waals surface area contributed by atoms with E-state index >= 15 is 0 Å². The average Bonchev–Trinajstić information content (AvgIpc) is 2.85. The van der Waals surface area contributed by atoms with Gasteiger partial charge in [0.1, 0.15) is 5.82 Å². The third-order valence-electron chi connectivity index (χ3n) is 3.81. The topological polar surface area (TPSA) is 33.3 Å². The summed E-state index contributed by atoms with van der Waals surface area (Å²) in [5.74, 6) is -0.271. The standard InChI is InChI=1S/C15H21FN2OS/c1-19-10-9-15(7-2-3-8-15)18-14(20)17-13-6-4-5-12(16)11-13/h4-6,11H,2-3,7-10H2,1H3,(H2,17,18,20). The molecule has 110 valence electrons. The second-order valence-electron chi connectivity index (χ2n) is 5.32. The molecular weight excluding hydrogens is 275 g/mol. The van der Waals surface area contributed by atoms with Crippen molar-refractivity contribution >= 4 is 23.0 Å². The van der Waals surface area contributed by atoms with Crippen molar-refractivity contribution in [2.75, 3.05) is 19.0 Å². The highest BCUT2D eigenvalue weighted by Gasteiger charge is 2.33. The number of halogens is 1. The lowest BCUT2D eigenvalue weighted by molar-refractivity contribution is 0.163. The number of rotatable bonds is 5. The van der Waals surface area contributed by atoms with E-state index in [9.17, 15) is 4.39 Å². The number of benzene rings is 1. The zero-order chi connectivity index (χ0) is 14.4. The van der Waals surface area contributed by atoms with Crippen LogP contribution in [0.5, 0.6) is 0 Å². The van der Waals surface area contributed by atoms with Crippen molar-refractivity contribution in [2.24, 2.45) is 0 Å². The van der Waals surface area contributed by atoms with Crippen LogP contribution in [-0.2, 0) is 4.74 Å². The molecule has 2 rings (SSSR count). The van der Waals surface area contributed by atoms with Crippen LogP contribution in [0.1, 0.15) is 32.1 Å². The smallest absolute Gasteiger partial charge is 0.171 e. The average molecular weight is 296 g/mol. The zero-order valence-corrected chi connectivity index (χ0v) is 12.6. The molecule has 1 saturated carbocycles. The van der Waals surface area contributed by atoms with Crippen molar-refractivity contribution in [1.82, 2.24) is 5.32 Å². The van der Waals surface area contributed by atoms with Crippen LogP contribution in [0.4, 0.5) is 10.1 Å². The minimum atomic E-state index is -0.271. The summed E-state index contributed by atoms with van der Waals surface area (Å²) in [6.45, 7) is 0.718. The van der Waals surface area contributed by atoms with Crippen LogP contribution < -0.4 is 10.6 Å². The molecule has 3 nitrogen and oxygen atoms in total. The molecule has 0 radical (unpaired) electrons. The van der Waals surface area contributed by atoms with Gasteiger partial charge in [0.15, 0.2) is 5.11 Å². The van der Waals surface area contributed by atoms with E-state index in [1.165, 1.54) is 25.0 Å². The molecule has 0 amide bonds. The van der Waals surface area contributed by atoms with Crippen LogP contribution in [-0.4, -0.2) is 24.4 Å². The van der Waals surface area contributed by atoms with E-state index in [0.717, 1.165) is 25.9 Å². The Morgan fingerprint density at radius 2 is 2.15 bits per heavy atom. The Labute approximate surface area is 124 Å². The fourth-order valence-corrected chi connectivity index (χ4v) is 3.09. The molecule has 0 unspecified atom stereocenters. The number of methoxy groups -OCH3 is 1. The lowest BCUT2D eigenvalue weighted by Crippen LogP contribution is -2.48. The van der Waals surface area contributed by atoms with Crippen molar-refractivity contribution in [3.63, 3.8) is 0 Å². The largest absolute Gasteiger partial charge is 0.385 e. The number of thiocarbonyl (C=S) groups is 1. The highest BCUT2D eigenvalue weighted by molar-refractivity contribution is 7.80. The van der Waals surface area contributed by atoms with E-state index in [-0.39, 0.29) is 11.4 Å². The summed E-state index contributed by atoms with van der Waals surface area (Å²) in [6, 6.07) is 6.31. The molecule has 5 heteroatoms. The van der Waals surface area contributed by atoms with Crippen LogP contribution in [0.3, 0.4) is 0 Å². The van der Waals surface area contributed by atoms with Crippen LogP contribution in [0.25, 0.3) is 0 Å². The van der Waals surface area contributed by atoms with E-state index in [1.807, 2.05) is 0 Å². The lowest BCUT2D eigenvalue weighted by Gasteiger charge is -2.31. The summed E-state index contributed by atoms with van der Waals surface area (Å²) in [5.41, 5.74) is 0.690. The minimum absolute atomic E-state index is 0.0212. The molecule has 0 spiro atoms. The molecule has 1 aliphatic rings. The lowest BCUT2D eigenvalue weighted by atomic mass is 9.94. The Morgan fingerprint density at radius 1 is 1.40 bits per heavy atom. The maximum atomic E-state index is 13.1. The van der Waals surface area contributed by atoms with E-state index in [4.69, 9.17) is 17.0 Å². The quantitative estimate of drug-likeness (QED) is 0.815. The molecule has 1 aromatic carbocycles. The van der Waals surface area contributed by atoms with Gasteiger partial charge in [0.2, 0.25) is 0 Å². The molecule has 1 aliphatic carbocycles. The number of nitrogens with one attached hydrogen (secondary N) is 2. The Balaban J connectivity index is 1.94. The van der Waals surface area contributed by atoms with E-state index in [1.54, 1.807) is 19.2 Å². The second kappa shape index (κ2) is 6.99. The molecule has 0 aromatic heterocycles. The molecule has 0 bridgehead atoms. The van der Waals surface area contributed by atoms with Gasteiger partial charge in [0, 0.05) is 24.9 Å². The molecule has 2 N–H and O–H groups in total. The first-order valence-corrected chi connectivity index (χ1v) is 7.38. The third kappa shape index (κ3) is 4.15. The number of anilines is 1. The number of hydrogen-bond acceptors (Lipinski definition) is 2. The van der Waals surface area contributed by atoms with Gasteiger partial charge in [-0.1, -0.05) is 18.9 Å². The van der Waals surface area contributed by atoms with Gasteiger partial charge >= 0.3 is 0 Å². The van der Waals surface area contributed by atoms with E-state index in [0.29, 0.717) is 10.8 Å². The Kier molecular flexibility index (Phi) is 5.31. The van der Waals surface area contributed by atoms with Gasteiger partial charge in [0.05, 0.1) is 0 Å². The maximum Gasteiger partial charge on any atom is 0.171 e. The second-order valence-corrected chi connectivity index (χ2v) is 5.73. The van der Waals surface area contributed by atoms with Gasteiger partial charge in [0.25, 0.3) is 0 Å². The van der Waals surface area contributed by atoms with Gasteiger partial charge in [-0.25, -0.2) is 4.39 Å². The molecule has 0 aliphatic heterocycles. The highest BCUT2D eigenvalue weighted by atomic mass is 32.1. The van der Waals surface area contributed by atoms with Crippen molar-refractivity contribution in [3.05, 3.63) is 30.1 Å². The van der Waals surface area contributed by atoms with Gasteiger partial charge in [-0.3, -0.25) is 0 Å². The summed E-state index contributed by atoms with van der Waals surface area (Å²) >= 11 is 5.35. The summed E-state index contributed by atoms with van der Waals surface area (Å²) in [4.78, 5) is 0. The van der Waals surface area contributed by atoms with Crippen molar-refractivity contribution in [1.29, 1.82) is 0 Å². The first-order valence-electron chi connectivity index (χ1n) is 6.97. The van der Waals surface area contributed by atoms with Crippen LogP contribution in [0.2, 0.25) is 0 Å². The Morgan fingerprint density at radius 3 is 2.80 bits per heavy atom. The molecule has 1 aromatic rings. The van der Waals surface area contributed by atoms with E-state index < -0.39 is 0 Å². The van der Waals surface area contributed by atoms with Gasteiger partial charge in [-0.2, -0.15) is 0 Å². The third-order valence-corrected chi connectivity index (χ3v) is 4.01. The number of ether oxygens (including phenoxy) is 1. The summed E-state index contributed by atoms with van der Waals surface area (Å²) in [5, 5.41) is 7.01. The minimum Gasteiger partial charge on any atom is -0.385 e. The summed E-state index contributed by atoms with van der Waals surface area (Å²) in [7, 11) is 1.71. The SMILES string of the molecule is COCCC1(NC(=S)Nc2cccc(F)c2)CCCC1. The van der Waals surface area contributed by atoms with Gasteiger partial charge < -0.3 is 15.4 Å². The predicted molar refractivity (Wildman–Crippen MR) is 83.4 cm³/mol. The normalized spacial score (nSPS) is 16.9. The van der Waals surface area contributed by atoms with Crippen molar-refractivity contribution in [2.45, 2.75) is 37.6 Å². The molecule has 0 saturated heterocycles. The molecule has 0 heterocycles. The summed E-state index contributed by atoms with van der Waals surface area (Å²) in [6.07, 6.45) is 5.55. The van der Waals surface area contributed by atoms with E-state index in [2.05, 4.69) is 10.6 Å². The predicted octanol–water partition coefficient (Wildman–Crippen LogP) is 3.46. The van der Waals surface area contributed by atoms with Crippen molar-refractivity contribution < 1.29 is 9.13 Å². The summed E-state index contributed by atoms with van der Waals surface area (Å²) < 4.78 is 18.3. The molecule has 20 heavy (non-hydrogen) atoms. The van der Waals surface area contributed by atoms with Crippen LogP contribution >= 0.6 is 12.2 Å². The van der Waals surface area contributed by atoms with Crippen LogP contribution in [0, 0.1) is 5.82 Å². The first-order chi connectivity index (χ1) is 9.63.